The third-order valence-corrected chi connectivity index (χ3v) is 7.85. The van der Waals surface area contributed by atoms with Crippen LogP contribution < -0.4 is 5.32 Å². The van der Waals surface area contributed by atoms with Gasteiger partial charge in [0.05, 0.1) is 9.82 Å². The molecule has 30 heavy (non-hydrogen) atoms. The van der Waals surface area contributed by atoms with E-state index in [4.69, 9.17) is 0 Å². The largest absolute Gasteiger partial charge is 0.378 e. The molecule has 3 rings (SSSR count). The fourth-order valence-electron chi connectivity index (χ4n) is 4.47. The van der Waals surface area contributed by atoms with Crippen molar-refractivity contribution in [1.82, 2.24) is 14.1 Å². The molecule has 0 aromatic heterocycles. The fourth-order valence-corrected chi connectivity index (χ4v) is 5.92. The Morgan fingerprint density at radius 1 is 1.13 bits per heavy atom. The molecule has 0 bridgehead atoms. The molecule has 2 saturated heterocycles. The zero-order valence-corrected chi connectivity index (χ0v) is 18.9. The Kier molecular flexibility index (Phi) is 7.33. The van der Waals surface area contributed by atoms with Crippen LogP contribution in [0.25, 0.3) is 0 Å². The second-order valence-corrected chi connectivity index (χ2v) is 10.7. The van der Waals surface area contributed by atoms with Crippen LogP contribution in [0.5, 0.6) is 0 Å². The Morgan fingerprint density at radius 2 is 1.77 bits per heavy atom. The number of benzene rings is 1. The van der Waals surface area contributed by atoms with Crippen LogP contribution in [0.2, 0.25) is 0 Å². The second-order valence-electron chi connectivity index (χ2n) is 8.78. The molecule has 0 radical (unpaired) electrons. The Morgan fingerprint density at radius 3 is 2.37 bits per heavy atom. The van der Waals surface area contributed by atoms with Crippen LogP contribution in [-0.4, -0.2) is 86.9 Å². The number of likely N-dealkylation sites (N-methyl/N-ethyl adjacent to an activating group) is 1. The number of piperidine rings is 1. The highest BCUT2D eigenvalue weighted by Gasteiger charge is 2.29. The number of hydrogen-bond acceptors (Lipinski definition) is 7. The van der Waals surface area contributed by atoms with Gasteiger partial charge in [-0.3, -0.25) is 10.1 Å². The normalized spacial score (nSPS) is 24.6. The minimum atomic E-state index is -3.74. The average molecular weight is 440 g/mol. The smallest absolute Gasteiger partial charge is 0.293 e. The highest BCUT2D eigenvalue weighted by atomic mass is 32.2. The first-order valence-electron chi connectivity index (χ1n) is 10.6. The van der Waals surface area contributed by atoms with Gasteiger partial charge in [-0.05, 0) is 37.4 Å². The Hall–Kier alpha value is -1.75. The molecule has 0 saturated carbocycles. The molecule has 1 aromatic carbocycles. The lowest BCUT2D eigenvalue weighted by atomic mass is 9.92. The minimum Gasteiger partial charge on any atom is -0.378 e. The molecular formula is C20H33N5O4S. The van der Waals surface area contributed by atoms with Crippen molar-refractivity contribution in [3.8, 4) is 0 Å². The summed E-state index contributed by atoms with van der Waals surface area (Å²) in [6.07, 6.45) is 1.23. The maximum atomic E-state index is 12.9. The summed E-state index contributed by atoms with van der Waals surface area (Å²) in [5, 5.41) is 14.7. The molecule has 2 heterocycles. The van der Waals surface area contributed by atoms with Crippen molar-refractivity contribution in [3.05, 3.63) is 28.3 Å². The van der Waals surface area contributed by atoms with Gasteiger partial charge in [0.15, 0.2) is 0 Å². The highest BCUT2D eigenvalue weighted by Crippen LogP contribution is 2.29. The maximum absolute atomic E-state index is 12.9. The summed E-state index contributed by atoms with van der Waals surface area (Å²) in [7, 11) is -1.80. The molecule has 1 aromatic rings. The summed E-state index contributed by atoms with van der Waals surface area (Å²) in [5.41, 5.74) is 0.154. The average Bonchev–Trinajstić information content (AvgIpc) is 2.67. The van der Waals surface area contributed by atoms with E-state index in [0.29, 0.717) is 50.2 Å². The van der Waals surface area contributed by atoms with Crippen molar-refractivity contribution in [3.63, 3.8) is 0 Å². The molecule has 9 nitrogen and oxygen atoms in total. The Labute approximate surface area is 179 Å². The Balaban J connectivity index is 1.68. The van der Waals surface area contributed by atoms with Crippen molar-refractivity contribution in [2.24, 2.45) is 11.8 Å². The standard InChI is InChI=1S/C20H33N5O4S/c1-16-12-17(2)15-23(14-16)7-6-21-19-5-4-18(13-20(19)25(26)27)30(28,29)24-10-8-22(3)9-11-24/h4-5,13,16-17,21H,6-12,14-15H2,1-3H3/t16-,17-/m1/s1. The highest BCUT2D eigenvalue weighted by molar-refractivity contribution is 7.89. The molecule has 168 valence electrons. The summed E-state index contributed by atoms with van der Waals surface area (Å²) in [4.78, 5) is 15.5. The number of anilines is 1. The molecule has 2 atom stereocenters. The first kappa shape index (κ1) is 22.9. The molecule has 0 aliphatic carbocycles. The van der Waals surface area contributed by atoms with E-state index < -0.39 is 14.9 Å². The van der Waals surface area contributed by atoms with Crippen LogP contribution in [0.1, 0.15) is 20.3 Å². The number of nitrogens with zero attached hydrogens (tertiary/aromatic N) is 4. The van der Waals surface area contributed by atoms with Gasteiger partial charge in [-0.25, -0.2) is 8.42 Å². The number of rotatable bonds is 7. The van der Waals surface area contributed by atoms with Crippen LogP contribution in [0, 0.1) is 22.0 Å². The zero-order chi connectivity index (χ0) is 21.9. The van der Waals surface area contributed by atoms with E-state index in [0.717, 1.165) is 19.6 Å². The van der Waals surface area contributed by atoms with E-state index in [-0.39, 0.29) is 10.6 Å². The molecule has 0 spiro atoms. The minimum absolute atomic E-state index is 0.0250. The maximum Gasteiger partial charge on any atom is 0.293 e. The summed E-state index contributed by atoms with van der Waals surface area (Å²) < 4.78 is 27.2. The molecule has 2 fully saturated rings. The van der Waals surface area contributed by atoms with Crippen molar-refractivity contribution in [2.45, 2.75) is 25.2 Å². The number of hydrogen-bond donors (Lipinski definition) is 1. The lowest BCUT2D eigenvalue weighted by Crippen LogP contribution is -2.47. The zero-order valence-electron chi connectivity index (χ0n) is 18.1. The summed E-state index contributed by atoms with van der Waals surface area (Å²) in [6, 6.07) is 4.16. The number of nitro groups is 1. The van der Waals surface area contributed by atoms with Gasteiger partial charge in [0.1, 0.15) is 5.69 Å². The first-order chi connectivity index (χ1) is 14.2. The van der Waals surface area contributed by atoms with E-state index in [9.17, 15) is 18.5 Å². The van der Waals surface area contributed by atoms with Crippen molar-refractivity contribution >= 4 is 21.4 Å². The van der Waals surface area contributed by atoms with Gasteiger partial charge in [-0.2, -0.15) is 4.31 Å². The lowest BCUT2D eigenvalue weighted by molar-refractivity contribution is -0.384. The molecule has 0 amide bonds. The molecule has 10 heteroatoms. The van der Waals surface area contributed by atoms with Crippen molar-refractivity contribution < 1.29 is 13.3 Å². The predicted molar refractivity (Wildman–Crippen MR) is 117 cm³/mol. The SMILES string of the molecule is C[C@@H]1C[C@@H](C)CN(CCNc2ccc(S(=O)(=O)N3CCN(C)CC3)cc2[N+](=O)[O-])C1. The third-order valence-electron chi connectivity index (χ3n) is 5.95. The number of likely N-dealkylation sites (tertiary alicyclic amines) is 1. The number of piperazine rings is 1. The van der Waals surface area contributed by atoms with Crippen LogP contribution in [-0.2, 0) is 10.0 Å². The summed E-state index contributed by atoms with van der Waals surface area (Å²) in [6.45, 7) is 10.0. The van der Waals surface area contributed by atoms with Crippen molar-refractivity contribution in [1.29, 1.82) is 0 Å². The van der Waals surface area contributed by atoms with Gasteiger partial charge >= 0.3 is 0 Å². The van der Waals surface area contributed by atoms with Gasteiger partial charge in [0, 0.05) is 58.4 Å². The van der Waals surface area contributed by atoms with E-state index in [1.807, 2.05) is 7.05 Å². The van der Waals surface area contributed by atoms with Crippen LogP contribution in [0.4, 0.5) is 11.4 Å². The van der Waals surface area contributed by atoms with E-state index in [2.05, 4.69) is 29.0 Å². The molecule has 1 N–H and O–H groups in total. The Bertz CT molecular complexity index is 845. The topological polar surface area (TPSA) is 99.0 Å². The van der Waals surface area contributed by atoms with Crippen LogP contribution in [0.15, 0.2) is 23.1 Å². The third kappa shape index (κ3) is 5.48. The number of nitrogens with one attached hydrogen (secondary N) is 1. The van der Waals surface area contributed by atoms with Gasteiger partial charge in [-0.1, -0.05) is 13.8 Å². The lowest BCUT2D eigenvalue weighted by Gasteiger charge is -2.35. The van der Waals surface area contributed by atoms with Gasteiger partial charge in [0.25, 0.3) is 5.69 Å². The quantitative estimate of drug-likeness (QED) is 0.512. The van der Waals surface area contributed by atoms with Crippen molar-refractivity contribution in [2.75, 3.05) is 64.7 Å². The van der Waals surface area contributed by atoms with Gasteiger partial charge in [-0.15, -0.1) is 0 Å². The molecular weight excluding hydrogens is 406 g/mol. The summed E-state index contributed by atoms with van der Waals surface area (Å²) in [5.74, 6) is 1.31. The summed E-state index contributed by atoms with van der Waals surface area (Å²) >= 11 is 0. The van der Waals surface area contributed by atoms with E-state index in [1.165, 1.54) is 28.9 Å². The molecule has 2 aliphatic rings. The molecule has 2 aliphatic heterocycles. The number of nitro benzene ring substituents is 1. The predicted octanol–water partition coefficient (Wildman–Crippen LogP) is 1.92. The first-order valence-corrected chi connectivity index (χ1v) is 12.0. The fraction of sp³-hybridized carbons (Fsp3) is 0.700. The molecule has 0 unspecified atom stereocenters. The van der Waals surface area contributed by atoms with Gasteiger partial charge in [0.2, 0.25) is 10.0 Å². The number of sulfonamides is 1. The van der Waals surface area contributed by atoms with E-state index >= 15 is 0 Å². The van der Waals surface area contributed by atoms with E-state index in [1.54, 1.807) is 0 Å². The van der Waals surface area contributed by atoms with Crippen LogP contribution in [0.3, 0.4) is 0 Å². The van der Waals surface area contributed by atoms with Crippen LogP contribution >= 0.6 is 0 Å². The monoisotopic (exact) mass is 439 g/mol. The van der Waals surface area contributed by atoms with Gasteiger partial charge < -0.3 is 15.1 Å². The second kappa shape index (κ2) is 9.59.